The Labute approximate surface area is 156 Å². The van der Waals surface area contributed by atoms with E-state index in [1.165, 1.54) is 10.6 Å². The zero-order valence-corrected chi connectivity index (χ0v) is 15.5. The van der Waals surface area contributed by atoms with E-state index < -0.39 is 0 Å². The number of methoxy groups -OCH3 is 1. The van der Waals surface area contributed by atoms with Crippen LogP contribution in [0.3, 0.4) is 0 Å². The third kappa shape index (κ3) is 2.89. The number of hydrogen-bond donors (Lipinski definition) is 1. The van der Waals surface area contributed by atoms with Crippen LogP contribution in [-0.4, -0.2) is 26.7 Å². The van der Waals surface area contributed by atoms with Crippen LogP contribution in [0.25, 0.3) is 28.2 Å². The minimum atomic E-state index is -0.158. The number of H-pyrrole nitrogens is 1. The van der Waals surface area contributed by atoms with E-state index in [0.29, 0.717) is 11.3 Å². The fraction of sp³-hybridized carbons (Fsp3) is 0.190. The number of hydrogen-bond acceptors (Lipinski definition) is 4. The Bertz CT molecular complexity index is 1170. The van der Waals surface area contributed by atoms with Crippen molar-refractivity contribution in [1.82, 2.24) is 19.6 Å². The van der Waals surface area contributed by atoms with Crippen molar-refractivity contribution in [3.8, 4) is 28.3 Å². The van der Waals surface area contributed by atoms with Crippen LogP contribution in [0.1, 0.15) is 18.2 Å². The molecular formula is C21H20N4O2. The van der Waals surface area contributed by atoms with Crippen molar-refractivity contribution >= 4 is 5.65 Å². The van der Waals surface area contributed by atoms with Crippen molar-refractivity contribution < 1.29 is 4.74 Å². The first kappa shape index (κ1) is 17.0. The molecule has 0 bridgehead atoms. The summed E-state index contributed by atoms with van der Waals surface area (Å²) in [6.07, 6.45) is 2.47. The SMILES string of the molecule is CCc1[nH]n2c(=O)cc(-c3ncccc3C)nc2c1-c1ccc(OC)cc1. The van der Waals surface area contributed by atoms with Crippen molar-refractivity contribution in [1.29, 1.82) is 0 Å². The molecule has 0 aliphatic carbocycles. The highest BCUT2D eigenvalue weighted by Crippen LogP contribution is 2.30. The second-order valence-electron chi connectivity index (χ2n) is 6.35. The zero-order valence-electron chi connectivity index (χ0n) is 15.5. The number of ether oxygens (including phenoxy) is 1. The van der Waals surface area contributed by atoms with E-state index >= 15 is 0 Å². The second-order valence-corrected chi connectivity index (χ2v) is 6.35. The van der Waals surface area contributed by atoms with Gasteiger partial charge >= 0.3 is 0 Å². The topological polar surface area (TPSA) is 72.3 Å². The predicted octanol–water partition coefficient (Wildman–Crippen LogP) is 3.63. The summed E-state index contributed by atoms with van der Waals surface area (Å²) in [5.74, 6) is 0.784. The van der Waals surface area contributed by atoms with Crippen molar-refractivity contribution in [2.45, 2.75) is 20.3 Å². The smallest absolute Gasteiger partial charge is 0.273 e. The van der Waals surface area contributed by atoms with Gasteiger partial charge in [-0.25, -0.2) is 9.50 Å². The highest BCUT2D eigenvalue weighted by molar-refractivity contribution is 5.81. The standard InChI is InChI=1S/C21H20N4O2/c1-4-16-19(14-7-9-15(27-3)10-8-14)21-23-17(12-18(26)25(21)24-16)20-13(2)6-5-11-22-20/h5-12,24H,4H2,1-3H3. The molecule has 4 rings (SSSR count). The number of aromatic amines is 1. The van der Waals surface area contributed by atoms with Gasteiger partial charge in [0.05, 0.1) is 18.5 Å². The highest BCUT2D eigenvalue weighted by atomic mass is 16.5. The average Bonchev–Trinajstić information content (AvgIpc) is 3.07. The van der Waals surface area contributed by atoms with Crippen molar-refractivity contribution in [2.24, 2.45) is 0 Å². The van der Waals surface area contributed by atoms with Crippen LogP contribution < -0.4 is 10.3 Å². The Kier molecular flexibility index (Phi) is 4.24. The van der Waals surface area contributed by atoms with Gasteiger partial charge in [-0.3, -0.25) is 14.9 Å². The summed E-state index contributed by atoms with van der Waals surface area (Å²) in [6, 6.07) is 13.1. The molecule has 3 aromatic heterocycles. The van der Waals surface area contributed by atoms with Gasteiger partial charge in [0.2, 0.25) is 0 Å². The summed E-state index contributed by atoms with van der Waals surface area (Å²) in [5, 5.41) is 3.19. The monoisotopic (exact) mass is 360 g/mol. The maximum atomic E-state index is 12.7. The van der Waals surface area contributed by atoms with Crippen LogP contribution in [0.2, 0.25) is 0 Å². The summed E-state index contributed by atoms with van der Waals surface area (Å²) in [7, 11) is 1.64. The molecule has 1 N–H and O–H groups in total. The van der Waals surface area contributed by atoms with Crippen LogP contribution in [0.4, 0.5) is 0 Å². The molecule has 6 heteroatoms. The lowest BCUT2D eigenvalue weighted by Crippen LogP contribution is -2.15. The molecule has 0 aliphatic rings. The van der Waals surface area contributed by atoms with Crippen molar-refractivity contribution in [2.75, 3.05) is 7.11 Å². The molecule has 0 saturated carbocycles. The fourth-order valence-corrected chi connectivity index (χ4v) is 3.28. The molecule has 0 radical (unpaired) electrons. The van der Waals surface area contributed by atoms with E-state index in [9.17, 15) is 4.79 Å². The average molecular weight is 360 g/mol. The van der Waals surface area contributed by atoms with Gasteiger partial charge < -0.3 is 4.74 Å². The van der Waals surface area contributed by atoms with Gasteiger partial charge in [0, 0.05) is 23.5 Å². The Morgan fingerprint density at radius 3 is 2.63 bits per heavy atom. The molecule has 6 nitrogen and oxygen atoms in total. The second kappa shape index (κ2) is 6.72. The van der Waals surface area contributed by atoms with Gasteiger partial charge in [0.1, 0.15) is 5.75 Å². The Morgan fingerprint density at radius 1 is 1.19 bits per heavy atom. The molecule has 4 aromatic rings. The lowest BCUT2D eigenvalue weighted by molar-refractivity contribution is 0.415. The van der Waals surface area contributed by atoms with E-state index in [2.05, 4.69) is 10.1 Å². The number of aryl methyl sites for hydroxylation is 2. The van der Waals surface area contributed by atoms with Gasteiger partial charge in [-0.2, -0.15) is 0 Å². The van der Waals surface area contributed by atoms with E-state index in [1.807, 2.05) is 50.2 Å². The number of fused-ring (bicyclic) bond motifs is 1. The van der Waals surface area contributed by atoms with Crippen LogP contribution in [0.15, 0.2) is 53.5 Å². The van der Waals surface area contributed by atoms with E-state index in [1.54, 1.807) is 13.3 Å². The summed E-state index contributed by atoms with van der Waals surface area (Å²) in [5.41, 5.74) is 5.58. The number of pyridine rings is 1. The minimum Gasteiger partial charge on any atom is -0.497 e. The third-order valence-electron chi connectivity index (χ3n) is 4.68. The Hall–Kier alpha value is -3.41. The van der Waals surface area contributed by atoms with E-state index in [0.717, 1.165) is 40.2 Å². The maximum Gasteiger partial charge on any atom is 0.273 e. The lowest BCUT2D eigenvalue weighted by atomic mass is 10.0. The molecule has 0 unspecified atom stereocenters. The number of benzene rings is 1. The number of aromatic nitrogens is 4. The highest BCUT2D eigenvalue weighted by Gasteiger charge is 2.17. The number of nitrogens with one attached hydrogen (secondary N) is 1. The molecule has 0 fully saturated rings. The first-order chi connectivity index (χ1) is 13.1. The minimum absolute atomic E-state index is 0.158. The zero-order chi connectivity index (χ0) is 19.0. The van der Waals surface area contributed by atoms with Crippen LogP contribution in [-0.2, 0) is 6.42 Å². The largest absolute Gasteiger partial charge is 0.497 e. The molecule has 0 spiro atoms. The predicted molar refractivity (Wildman–Crippen MR) is 105 cm³/mol. The van der Waals surface area contributed by atoms with E-state index in [-0.39, 0.29) is 5.56 Å². The third-order valence-corrected chi connectivity index (χ3v) is 4.68. The van der Waals surface area contributed by atoms with Gasteiger partial charge in [-0.1, -0.05) is 25.1 Å². The molecule has 3 heterocycles. The van der Waals surface area contributed by atoms with Gasteiger partial charge in [-0.15, -0.1) is 0 Å². The molecule has 1 aromatic carbocycles. The molecular weight excluding hydrogens is 340 g/mol. The summed E-state index contributed by atoms with van der Waals surface area (Å²) in [6.45, 7) is 4.01. The van der Waals surface area contributed by atoms with Crippen LogP contribution >= 0.6 is 0 Å². The molecule has 0 atom stereocenters. The first-order valence-electron chi connectivity index (χ1n) is 8.83. The van der Waals surface area contributed by atoms with Crippen LogP contribution in [0.5, 0.6) is 5.75 Å². The van der Waals surface area contributed by atoms with Crippen LogP contribution in [0, 0.1) is 6.92 Å². The fourth-order valence-electron chi connectivity index (χ4n) is 3.28. The quantitative estimate of drug-likeness (QED) is 0.603. The normalized spacial score (nSPS) is 11.1. The molecule has 136 valence electrons. The van der Waals surface area contributed by atoms with Gasteiger partial charge in [0.15, 0.2) is 5.65 Å². The van der Waals surface area contributed by atoms with Gasteiger partial charge in [-0.05, 0) is 42.7 Å². The van der Waals surface area contributed by atoms with Gasteiger partial charge in [0.25, 0.3) is 5.56 Å². The number of rotatable bonds is 4. The maximum absolute atomic E-state index is 12.7. The van der Waals surface area contributed by atoms with Crippen molar-refractivity contribution in [3.05, 3.63) is 70.3 Å². The molecule has 0 amide bonds. The Morgan fingerprint density at radius 2 is 1.96 bits per heavy atom. The Balaban J connectivity index is 2.00. The molecule has 0 saturated heterocycles. The van der Waals surface area contributed by atoms with E-state index in [4.69, 9.17) is 9.72 Å². The number of nitrogens with zero attached hydrogens (tertiary/aromatic N) is 3. The summed E-state index contributed by atoms with van der Waals surface area (Å²) in [4.78, 5) is 21.9. The summed E-state index contributed by atoms with van der Waals surface area (Å²) >= 11 is 0. The van der Waals surface area contributed by atoms with Crippen molar-refractivity contribution in [3.63, 3.8) is 0 Å². The first-order valence-corrected chi connectivity index (χ1v) is 8.83. The molecule has 27 heavy (non-hydrogen) atoms. The molecule has 0 aliphatic heterocycles. The lowest BCUT2D eigenvalue weighted by Gasteiger charge is -2.06. The summed E-state index contributed by atoms with van der Waals surface area (Å²) < 4.78 is 6.75.